The molecule has 3 rings (SSSR count). The van der Waals surface area contributed by atoms with Gasteiger partial charge in [-0.15, -0.1) is 0 Å². The van der Waals surface area contributed by atoms with E-state index in [-0.39, 0.29) is 5.91 Å². The lowest BCUT2D eigenvalue weighted by atomic mass is 10.2. The summed E-state index contributed by atoms with van der Waals surface area (Å²) in [6.45, 7) is 1.47. The number of hydrogen-bond donors (Lipinski definition) is 1. The minimum absolute atomic E-state index is 0.0420. The molecular weight excluding hydrogens is 296 g/mol. The molecule has 1 aromatic carbocycles. The maximum Gasteiger partial charge on any atom is 0.251 e. The summed E-state index contributed by atoms with van der Waals surface area (Å²) in [7, 11) is 3.97. The number of hydrogen-bond acceptors (Lipinski definition) is 4. The average Bonchev–Trinajstić information content (AvgIpc) is 3.14. The van der Waals surface area contributed by atoms with Gasteiger partial charge in [-0.1, -0.05) is 11.3 Å². The summed E-state index contributed by atoms with van der Waals surface area (Å²) in [5, 5.41) is 3.84. The molecule has 0 unspecified atom stereocenters. The Morgan fingerprint density at radius 1 is 1.32 bits per heavy atom. The molecule has 114 valence electrons. The van der Waals surface area contributed by atoms with Crippen LogP contribution in [0, 0.1) is 0 Å². The maximum absolute atomic E-state index is 12.2. The predicted molar refractivity (Wildman–Crippen MR) is 89.8 cm³/mol. The number of nitrogens with one attached hydrogen (secondary N) is 1. The standard InChI is InChI=1S/C16H18N4OS/c1-19(2)10-7-17-15(21)12-5-6-13-14(11-12)22-16(18-13)20-8-3-4-9-20/h3-6,8-9,11H,7,10H2,1-2H3,(H,17,21). The van der Waals surface area contributed by atoms with E-state index in [1.165, 1.54) is 0 Å². The van der Waals surface area contributed by atoms with Crippen LogP contribution in [0.2, 0.25) is 0 Å². The molecule has 0 fully saturated rings. The molecule has 0 aliphatic rings. The van der Waals surface area contributed by atoms with Crippen molar-refractivity contribution in [3.8, 4) is 5.13 Å². The Bertz CT molecular complexity index is 777. The van der Waals surface area contributed by atoms with E-state index < -0.39 is 0 Å². The Kier molecular flexibility index (Phi) is 4.22. The van der Waals surface area contributed by atoms with Crippen LogP contribution < -0.4 is 5.32 Å². The van der Waals surface area contributed by atoms with Crippen LogP contribution in [0.15, 0.2) is 42.7 Å². The van der Waals surface area contributed by atoms with E-state index in [4.69, 9.17) is 0 Å². The highest BCUT2D eigenvalue weighted by Gasteiger charge is 2.10. The van der Waals surface area contributed by atoms with Gasteiger partial charge >= 0.3 is 0 Å². The van der Waals surface area contributed by atoms with E-state index in [9.17, 15) is 4.79 Å². The minimum atomic E-state index is -0.0420. The molecule has 1 N–H and O–H groups in total. The summed E-state index contributed by atoms with van der Waals surface area (Å²) in [4.78, 5) is 18.8. The lowest BCUT2D eigenvalue weighted by molar-refractivity contribution is 0.0951. The number of carbonyl (C=O) groups is 1. The Morgan fingerprint density at radius 3 is 2.82 bits per heavy atom. The van der Waals surface area contributed by atoms with E-state index in [2.05, 4.69) is 10.3 Å². The van der Waals surface area contributed by atoms with Crippen LogP contribution in [0.3, 0.4) is 0 Å². The van der Waals surface area contributed by atoms with Crippen molar-refractivity contribution in [2.45, 2.75) is 0 Å². The number of rotatable bonds is 5. The van der Waals surface area contributed by atoms with Crippen molar-refractivity contribution in [2.24, 2.45) is 0 Å². The predicted octanol–water partition coefficient (Wildman–Crippen LogP) is 2.38. The number of likely N-dealkylation sites (N-methyl/N-ethyl adjacent to an activating group) is 1. The van der Waals surface area contributed by atoms with Crippen molar-refractivity contribution in [1.29, 1.82) is 0 Å². The minimum Gasteiger partial charge on any atom is -0.351 e. The molecule has 0 radical (unpaired) electrons. The van der Waals surface area contributed by atoms with Gasteiger partial charge in [-0.25, -0.2) is 4.98 Å². The third-order valence-electron chi connectivity index (χ3n) is 3.31. The quantitative estimate of drug-likeness (QED) is 0.786. The zero-order chi connectivity index (χ0) is 15.5. The fourth-order valence-corrected chi connectivity index (χ4v) is 3.09. The van der Waals surface area contributed by atoms with Gasteiger partial charge in [0.05, 0.1) is 10.2 Å². The fourth-order valence-electron chi connectivity index (χ4n) is 2.12. The average molecular weight is 314 g/mol. The first-order valence-corrected chi connectivity index (χ1v) is 7.92. The molecule has 22 heavy (non-hydrogen) atoms. The monoisotopic (exact) mass is 314 g/mol. The number of thiazole rings is 1. The number of amides is 1. The van der Waals surface area contributed by atoms with Crippen LogP contribution in [0.1, 0.15) is 10.4 Å². The fraction of sp³-hybridized carbons (Fsp3) is 0.250. The molecule has 0 saturated carbocycles. The smallest absolute Gasteiger partial charge is 0.251 e. The van der Waals surface area contributed by atoms with Gasteiger partial charge in [-0.3, -0.25) is 4.79 Å². The van der Waals surface area contributed by atoms with Crippen molar-refractivity contribution < 1.29 is 4.79 Å². The van der Waals surface area contributed by atoms with Gasteiger partial charge in [0.1, 0.15) is 0 Å². The molecule has 5 nitrogen and oxygen atoms in total. The zero-order valence-electron chi connectivity index (χ0n) is 12.6. The third kappa shape index (κ3) is 3.18. The molecule has 3 aromatic rings. The zero-order valence-corrected chi connectivity index (χ0v) is 13.4. The van der Waals surface area contributed by atoms with Crippen LogP contribution in [0.25, 0.3) is 15.3 Å². The van der Waals surface area contributed by atoms with E-state index in [0.29, 0.717) is 12.1 Å². The number of carbonyl (C=O) groups excluding carboxylic acids is 1. The van der Waals surface area contributed by atoms with Crippen LogP contribution in [0.5, 0.6) is 0 Å². The first-order valence-electron chi connectivity index (χ1n) is 7.10. The molecule has 0 saturated heterocycles. The van der Waals surface area contributed by atoms with Gasteiger partial charge in [0.25, 0.3) is 5.91 Å². The maximum atomic E-state index is 12.2. The van der Waals surface area contributed by atoms with E-state index in [1.54, 1.807) is 11.3 Å². The van der Waals surface area contributed by atoms with Gasteiger partial charge in [0, 0.05) is 31.0 Å². The molecule has 0 spiro atoms. The van der Waals surface area contributed by atoms with Crippen molar-refractivity contribution in [3.63, 3.8) is 0 Å². The Balaban J connectivity index is 1.79. The molecule has 0 aliphatic heterocycles. The number of fused-ring (bicyclic) bond motifs is 1. The second kappa shape index (κ2) is 6.29. The van der Waals surface area contributed by atoms with Crippen LogP contribution in [-0.2, 0) is 0 Å². The second-order valence-electron chi connectivity index (χ2n) is 5.33. The molecule has 2 heterocycles. The summed E-state index contributed by atoms with van der Waals surface area (Å²) in [6, 6.07) is 9.57. The normalized spacial score (nSPS) is 11.2. The first kappa shape index (κ1) is 14.7. The molecular formula is C16H18N4OS. The van der Waals surface area contributed by atoms with Crippen molar-refractivity contribution in [2.75, 3.05) is 27.2 Å². The van der Waals surface area contributed by atoms with Crippen molar-refractivity contribution >= 4 is 27.5 Å². The van der Waals surface area contributed by atoms with Gasteiger partial charge in [-0.2, -0.15) is 0 Å². The van der Waals surface area contributed by atoms with Crippen molar-refractivity contribution in [1.82, 2.24) is 19.8 Å². The number of nitrogens with zero attached hydrogens (tertiary/aromatic N) is 3. The Labute approximate surface area is 133 Å². The number of benzene rings is 1. The highest BCUT2D eigenvalue weighted by atomic mass is 32.1. The number of aromatic nitrogens is 2. The molecule has 6 heteroatoms. The molecule has 0 aliphatic carbocycles. The molecule has 0 bridgehead atoms. The first-order chi connectivity index (χ1) is 10.6. The topological polar surface area (TPSA) is 50.2 Å². The lowest BCUT2D eigenvalue weighted by Gasteiger charge is -2.10. The summed E-state index contributed by atoms with van der Waals surface area (Å²) in [5.41, 5.74) is 1.59. The van der Waals surface area contributed by atoms with Crippen LogP contribution in [0.4, 0.5) is 0 Å². The van der Waals surface area contributed by atoms with Gasteiger partial charge < -0.3 is 14.8 Å². The summed E-state index contributed by atoms with van der Waals surface area (Å²) < 4.78 is 2.99. The molecule has 0 atom stereocenters. The van der Waals surface area contributed by atoms with Crippen LogP contribution in [-0.4, -0.2) is 47.5 Å². The van der Waals surface area contributed by atoms with E-state index in [0.717, 1.165) is 21.9 Å². The highest BCUT2D eigenvalue weighted by Crippen LogP contribution is 2.25. The third-order valence-corrected chi connectivity index (χ3v) is 4.34. The SMILES string of the molecule is CN(C)CCNC(=O)c1ccc2nc(-n3cccc3)sc2c1. The second-order valence-corrected chi connectivity index (χ2v) is 6.34. The summed E-state index contributed by atoms with van der Waals surface area (Å²) in [6.07, 6.45) is 3.93. The summed E-state index contributed by atoms with van der Waals surface area (Å²) in [5.74, 6) is -0.0420. The van der Waals surface area contributed by atoms with Crippen molar-refractivity contribution in [3.05, 3.63) is 48.3 Å². The highest BCUT2D eigenvalue weighted by molar-refractivity contribution is 7.20. The largest absolute Gasteiger partial charge is 0.351 e. The molecule has 2 aromatic heterocycles. The van der Waals surface area contributed by atoms with Gasteiger partial charge in [0.2, 0.25) is 0 Å². The van der Waals surface area contributed by atoms with E-state index >= 15 is 0 Å². The molecule has 1 amide bonds. The van der Waals surface area contributed by atoms with Gasteiger partial charge in [-0.05, 0) is 44.4 Å². The summed E-state index contributed by atoms with van der Waals surface area (Å²) >= 11 is 1.58. The van der Waals surface area contributed by atoms with E-state index in [1.807, 2.05) is 66.3 Å². The van der Waals surface area contributed by atoms with Crippen LogP contribution >= 0.6 is 11.3 Å². The Morgan fingerprint density at radius 2 is 2.09 bits per heavy atom. The van der Waals surface area contributed by atoms with Gasteiger partial charge in [0.15, 0.2) is 5.13 Å². The lowest BCUT2D eigenvalue weighted by Crippen LogP contribution is -2.31. The Hall–Kier alpha value is -2.18.